The average molecular weight is 296 g/mol. The minimum absolute atomic E-state index is 0.0182. The molecule has 0 aromatic heterocycles. The molecule has 1 fully saturated rings. The number of hydrogen-bond donors (Lipinski definition) is 2. The van der Waals surface area contributed by atoms with E-state index >= 15 is 0 Å². The van der Waals surface area contributed by atoms with E-state index in [1.807, 2.05) is 0 Å². The number of aliphatic hydroxyl groups is 1. The Bertz CT molecular complexity index is 562. The molecule has 1 aromatic rings. The number of aromatic carboxylic acids is 1. The van der Waals surface area contributed by atoms with Gasteiger partial charge in [-0.15, -0.1) is 0 Å². The van der Waals surface area contributed by atoms with E-state index in [-0.39, 0.29) is 36.2 Å². The highest BCUT2D eigenvalue weighted by atomic mass is 16.6. The Morgan fingerprint density at radius 1 is 1.52 bits per heavy atom. The summed E-state index contributed by atoms with van der Waals surface area (Å²) in [5.41, 5.74) is 0.0505. The van der Waals surface area contributed by atoms with Crippen LogP contribution in [-0.4, -0.2) is 53.0 Å². The maximum atomic E-state index is 11.1. The molecule has 1 aliphatic rings. The van der Waals surface area contributed by atoms with Crippen molar-refractivity contribution in [1.29, 1.82) is 0 Å². The molecule has 1 heterocycles. The Balaban J connectivity index is 2.41. The fourth-order valence-corrected chi connectivity index (χ4v) is 2.41. The average Bonchev–Trinajstić information content (AvgIpc) is 2.45. The third-order valence-corrected chi connectivity index (χ3v) is 3.29. The highest BCUT2D eigenvalue weighted by Crippen LogP contribution is 2.31. The Hall–Kier alpha value is -2.19. The van der Waals surface area contributed by atoms with Crippen LogP contribution in [0.3, 0.4) is 0 Å². The molecule has 2 N–H and O–H groups in total. The number of aliphatic hydroxyl groups excluding tert-OH is 1. The molecule has 8 nitrogen and oxygen atoms in total. The third kappa shape index (κ3) is 3.29. The monoisotopic (exact) mass is 296 g/mol. The number of hydrogen-bond acceptors (Lipinski definition) is 6. The minimum Gasteiger partial charge on any atom is -0.478 e. The smallest absolute Gasteiger partial charge is 0.335 e. The number of carboxylic acid groups (broad SMARTS) is 1. The van der Waals surface area contributed by atoms with E-state index in [0.29, 0.717) is 6.54 Å². The van der Waals surface area contributed by atoms with Crippen molar-refractivity contribution in [1.82, 2.24) is 0 Å². The Morgan fingerprint density at radius 2 is 2.24 bits per heavy atom. The van der Waals surface area contributed by atoms with Crippen LogP contribution in [0.2, 0.25) is 0 Å². The molecule has 21 heavy (non-hydrogen) atoms. The number of nitro benzene ring substituents is 1. The standard InChI is InChI=1S/C13H16N2O6/c1-8-5-14(6-10(7-16)21-8)12-4-9(13(17)18)2-3-11(12)15(19)20/h2-4,8,10,16H,5-7H2,1H3,(H,17,18). The zero-order chi connectivity index (χ0) is 15.6. The van der Waals surface area contributed by atoms with Gasteiger partial charge in [0.25, 0.3) is 5.69 Å². The number of nitrogens with zero attached hydrogens (tertiary/aromatic N) is 2. The molecule has 0 amide bonds. The number of nitro groups is 1. The fourth-order valence-electron chi connectivity index (χ4n) is 2.41. The molecule has 1 aromatic carbocycles. The molecule has 114 valence electrons. The number of morpholine rings is 1. The zero-order valence-electron chi connectivity index (χ0n) is 11.4. The third-order valence-electron chi connectivity index (χ3n) is 3.29. The van der Waals surface area contributed by atoms with Gasteiger partial charge in [-0.3, -0.25) is 10.1 Å². The number of benzene rings is 1. The van der Waals surface area contributed by atoms with Crippen molar-refractivity contribution in [2.45, 2.75) is 19.1 Å². The number of carboxylic acids is 1. The van der Waals surface area contributed by atoms with E-state index in [1.165, 1.54) is 18.2 Å². The largest absolute Gasteiger partial charge is 0.478 e. The van der Waals surface area contributed by atoms with Crippen LogP contribution in [0, 0.1) is 10.1 Å². The van der Waals surface area contributed by atoms with Crippen LogP contribution < -0.4 is 4.90 Å². The molecule has 0 aliphatic carbocycles. The molecular weight excluding hydrogens is 280 g/mol. The van der Waals surface area contributed by atoms with E-state index < -0.39 is 17.0 Å². The predicted molar refractivity (Wildman–Crippen MR) is 73.7 cm³/mol. The van der Waals surface area contributed by atoms with E-state index in [0.717, 1.165) is 0 Å². The second kappa shape index (κ2) is 6.06. The van der Waals surface area contributed by atoms with Crippen molar-refractivity contribution in [2.24, 2.45) is 0 Å². The maximum Gasteiger partial charge on any atom is 0.335 e. The van der Waals surface area contributed by atoms with Crippen LogP contribution >= 0.6 is 0 Å². The fraction of sp³-hybridized carbons (Fsp3) is 0.462. The normalized spacial score (nSPS) is 22.1. The van der Waals surface area contributed by atoms with E-state index in [4.69, 9.17) is 9.84 Å². The first-order valence-electron chi connectivity index (χ1n) is 6.45. The van der Waals surface area contributed by atoms with Gasteiger partial charge in [0.15, 0.2) is 0 Å². The van der Waals surface area contributed by atoms with Crippen molar-refractivity contribution < 1.29 is 24.7 Å². The summed E-state index contributed by atoms with van der Waals surface area (Å²) in [5.74, 6) is -1.15. The lowest BCUT2D eigenvalue weighted by Gasteiger charge is -2.37. The van der Waals surface area contributed by atoms with Crippen molar-refractivity contribution in [3.8, 4) is 0 Å². The Labute approximate surface area is 120 Å². The van der Waals surface area contributed by atoms with Gasteiger partial charge in [0.1, 0.15) is 5.69 Å². The summed E-state index contributed by atoms with van der Waals surface area (Å²) in [6.07, 6.45) is -0.675. The summed E-state index contributed by atoms with van der Waals surface area (Å²) in [4.78, 5) is 23.3. The molecule has 2 rings (SSSR count). The Kier molecular flexibility index (Phi) is 4.39. The summed E-state index contributed by atoms with van der Waals surface area (Å²) in [6, 6.07) is 3.68. The Morgan fingerprint density at radius 3 is 2.81 bits per heavy atom. The molecular formula is C13H16N2O6. The number of carbonyl (C=O) groups is 1. The summed E-state index contributed by atoms with van der Waals surface area (Å²) in [7, 11) is 0. The SMILES string of the molecule is CC1CN(c2cc(C(=O)O)ccc2[N+](=O)[O-])CC(CO)O1. The number of rotatable bonds is 4. The highest BCUT2D eigenvalue weighted by molar-refractivity contribution is 5.90. The predicted octanol–water partition coefficient (Wildman–Crippen LogP) is 0.879. The van der Waals surface area contributed by atoms with Crippen molar-refractivity contribution >= 4 is 17.3 Å². The van der Waals surface area contributed by atoms with Gasteiger partial charge < -0.3 is 19.8 Å². The first kappa shape index (κ1) is 15.2. The van der Waals surface area contributed by atoms with Gasteiger partial charge in [0.05, 0.1) is 29.3 Å². The van der Waals surface area contributed by atoms with Gasteiger partial charge in [-0.25, -0.2) is 4.79 Å². The summed E-state index contributed by atoms with van der Waals surface area (Å²) in [6.45, 7) is 2.25. The van der Waals surface area contributed by atoms with Gasteiger partial charge in [0, 0.05) is 19.2 Å². The second-order valence-electron chi connectivity index (χ2n) is 4.92. The van der Waals surface area contributed by atoms with Gasteiger partial charge in [-0.05, 0) is 19.1 Å². The van der Waals surface area contributed by atoms with E-state index in [9.17, 15) is 20.0 Å². The van der Waals surface area contributed by atoms with Crippen LogP contribution in [0.4, 0.5) is 11.4 Å². The van der Waals surface area contributed by atoms with E-state index in [1.54, 1.807) is 11.8 Å². The maximum absolute atomic E-state index is 11.1. The molecule has 2 atom stereocenters. The second-order valence-corrected chi connectivity index (χ2v) is 4.92. The number of ether oxygens (including phenoxy) is 1. The minimum atomic E-state index is -1.15. The lowest BCUT2D eigenvalue weighted by atomic mass is 10.1. The van der Waals surface area contributed by atoms with Crippen LogP contribution in [0.15, 0.2) is 18.2 Å². The summed E-state index contributed by atoms with van der Waals surface area (Å²) < 4.78 is 5.49. The van der Waals surface area contributed by atoms with Gasteiger partial charge in [0.2, 0.25) is 0 Å². The molecule has 0 bridgehead atoms. The van der Waals surface area contributed by atoms with Crippen molar-refractivity contribution in [2.75, 3.05) is 24.6 Å². The lowest BCUT2D eigenvalue weighted by molar-refractivity contribution is -0.384. The van der Waals surface area contributed by atoms with E-state index in [2.05, 4.69) is 0 Å². The molecule has 0 radical (unpaired) electrons. The topological polar surface area (TPSA) is 113 Å². The molecule has 8 heteroatoms. The summed E-state index contributed by atoms with van der Waals surface area (Å²) >= 11 is 0. The molecule has 1 saturated heterocycles. The van der Waals surface area contributed by atoms with Gasteiger partial charge in [-0.2, -0.15) is 0 Å². The number of anilines is 1. The van der Waals surface area contributed by atoms with Crippen molar-refractivity contribution in [3.63, 3.8) is 0 Å². The van der Waals surface area contributed by atoms with Crippen molar-refractivity contribution in [3.05, 3.63) is 33.9 Å². The molecule has 0 spiro atoms. The van der Waals surface area contributed by atoms with Gasteiger partial charge >= 0.3 is 5.97 Å². The first-order valence-corrected chi connectivity index (χ1v) is 6.45. The van der Waals surface area contributed by atoms with Crippen LogP contribution in [0.1, 0.15) is 17.3 Å². The molecule has 0 saturated carbocycles. The zero-order valence-corrected chi connectivity index (χ0v) is 11.4. The van der Waals surface area contributed by atoms with Crippen LogP contribution in [0.25, 0.3) is 0 Å². The molecule has 2 unspecified atom stereocenters. The quantitative estimate of drug-likeness (QED) is 0.626. The summed E-state index contributed by atoms with van der Waals surface area (Å²) in [5, 5.41) is 29.4. The highest BCUT2D eigenvalue weighted by Gasteiger charge is 2.29. The molecule has 1 aliphatic heterocycles. The van der Waals surface area contributed by atoms with Gasteiger partial charge in [-0.1, -0.05) is 0 Å². The first-order chi connectivity index (χ1) is 9.92. The van der Waals surface area contributed by atoms with Crippen LogP contribution in [-0.2, 0) is 4.74 Å². The van der Waals surface area contributed by atoms with Crippen LogP contribution in [0.5, 0.6) is 0 Å². The lowest BCUT2D eigenvalue weighted by Crippen LogP contribution is -2.48.